The number of ether oxygens (including phenoxy) is 1. The minimum absolute atomic E-state index is 0.0936. The van der Waals surface area contributed by atoms with E-state index in [4.69, 9.17) is 4.74 Å². The van der Waals surface area contributed by atoms with Crippen LogP contribution in [0.3, 0.4) is 0 Å². The smallest absolute Gasteiger partial charge is 0.234 e. The summed E-state index contributed by atoms with van der Waals surface area (Å²) in [6.07, 6.45) is 0.113. The molecule has 0 bridgehead atoms. The van der Waals surface area contributed by atoms with Crippen molar-refractivity contribution in [2.45, 2.75) is 19.9 Å². The molecule has 3 aromatic rings. The van der Waals surface area contributed by atoms with Crippen molar-refractivity contribution < 1.29 is 14.3 Å². The minimum atomic E-state index is -0.456. The average Bonchev–Trinajstić information content (AvgIpc) is 3.08. The van der Waals surface area contributed by atoms with Crippen LogP contribution in [0.25, 0.3) is 11.0 Å². The number of aromatic nitrogens is 2. The standard InChI is InChI=1S/C22H24N4O3/c1-15-7-9-17(10-8-15)23-20(27)13-16-14-26-19-6-4-3-5-18(19)24-22(26)25(21(16)28)11-12-29-2/h3-10,16H,11-14H2,1-2H3,(H,23,27). The number of methoxy groups -OCH3 is 1. The molecule has 0 fully saturated rings. The second-order valence-electron chi connectivity index (χ2n) is 7.31. The molecular weight excluding hydrogens is 368 g/mol. The predicted octanol–water partition coefficient (Wildman–Crippen LogP) is 2.98. The van der Waals surface area contributed by atoms with Crippen LogP contribution >= 0.6 is 0 Å². The molecule has 7 heteroatoms. The van der Waals surface area contributed by atoms with E-state index in [0.717, 1.165) is 22.3 Å². The monoisotopic (exact) mass is 392 g/mol. The Morgan fingerprint density at radius 3 is 2.72 bits per heavy atom. The van der Waals surface area contributed by atoms with Crippen LogP contribution in [0.4, 0.5) is 11.6 Å². The van der Waals surface area contributed by atoms with E-state index in [0.29, 0.717) is 25.6 Å². The number of imidazole rings is 1. The first-order valence-corrected chi connectivity index (χ1v) is 9.69. The number of fused-ring (bicyclic) bond motifs is 3. The van der Waals surface area contributed by atoms with Gasteiger partial charge >= 0.3 is 0 Å². The number of aryl methyl sites for hydroxylation is 1. The van der Waals surface area contributed by atoms with Gasteiger partial charge in [0.15, 0.2) is 0 Å². The number of hydrogen-bond acceptors (Lipinski definition) is 4. The largest absolute Gasteiger partial charge is 0.383 e. The number of nitrogens with zero attached hydrogens (tertiary/aromatic N) is 3. The van der Waals surface area contributed by atoms with Gasteiger partial charge in [-0.05, 0) is 31.2 Å². The maximum Gasteiger partial charge on any atom is 0.234 e. The van der Waals surface area contributed by atoms with E-state index in [1.54, 1.807) is 12.0 Å². The summed E-state index contributed by atoms with van der Waals surface area (Å²) in [5.74, 6) is -0.110. The van der Waals surface area contributed by atoms with Gasteiger partial charge in [0.1, 0.15) is 0 Å². The van der Waals surface area contributed by atoms with E-state index in [1.165, 1.54) is 0 Å². The Labute approximate surface area is 169 Å². The second-order valence-corrected chi connectivity index (χ2v) is 7.31. The zero-order valence-corrected chi connectivity index (χ0v) is 16.6. The lowest BCUT2D eigenvalue weighted by Crippen LogP contribution is -2.46. The zero-order valence-electron chi connectivity index (χ0n) is 16.6. The Bertz CT molecular complexity index is 1040. The first-order valence-electron chi connectivity index (χ1n) is 9.69. The van der Waals surface area contributed by atoms with E-state index in [1.807, 2.05) is 60.0 Å². The summed E-state index contributed by atoms with van der Waals surface area (Å²) < 4.78 is 7.20. The first kappa shape index (κ1) is 19.1. The average molecular weight is 392 g/mol. The van der Waals surface area contributed by atoms with Gasteiger partial charge in [-0.2, -0.15) is 0 Å². The van der Waals surface area contributed by atoms with Crippen LogP contribution in [0.2, 0.25) is 0 Å². The lowest BCUT2D eigenvalue weighted by molar-refractivity contribution is -0.127. The molecule has 150 valence electrons. The predicted molar refractivity (Wildman–Crippen MR) is 112 cm³/mol. The van der Waals surface area contributed by atoms with E-state index >= 15 is 0 Å². The Kier molecular flexibility index (Phi) is 5.31. The van der Waals surface area contributed by atoms with Gasteiger partial charge < -0.3 is 14.6 Å². The lowest BCUT2D eigenvalue weighted by atomic mass is 10.0. The summed E-state index contributed by atoms with van der Waals surface area (Å²) in [7, 11) is 1.60. The highest BCUT2D eigenvalue weighted by Crippen LogP contribution is 2.30. The molecule has 1 unspecified atom stereocenters. The molecule has 2 amide bonds. The Hall–Kier alpha value is -3.19. The fraction of sp³-hybridized carbons (Fsp3) is 0.318. The quantitative estimate of drug-likeness (QED) is 0.700. The van der Waals surface area contributed by atoms with Gasteiger partial charge in [0, 0.05) is 25.8 Å². The number of hydrogen-bond donors (Lipinski definition) is 1. The normalized spacial score (nSPS) is 16.1. The summed E-state index contributed by atoms with van der Waals surface area (Å²) in [4.78, 5) is 32.0. The Morgan fingerprint density at radius 2 is 1.97 bits per heavy atom. The molecule has 0 radical (unpaired) electrons. The van der Waals surface area contributed by atoms with Gasteiger partial charge in [-0.25, -0.2) is 4.98 Å². The van der Waals surface area contributed by atoms with Gasteiger partial charge in [0.2, 0.25) is 17.8 Å². The highest BCUT2D eigenvalue weighted by Gasteiger charge is 2.36. The fourth-order valence-electron chi connectivity index (χ4n) is 3.68. The lowest BCUT2D eigenvalue weighted by Gasteiger charge is -2.32. The van der Waals surface area contributed by atoms with Crippen molar-refractivity contribution in [1.29, 1.82) is 0 Å². The van der Waals surface area contributed by atoms with E-state index < -0.39 is 5.92 Å². The Morgan fingerprint density at radius 1 is 1.21 bits per heavy atom. The number of rotatable bonds is 6. The van der Waals surface area contributed by atoms with Crippen LogP contribution in [0.1, 0.15) is 12.0 Å². The van der Waals surface area contributed by atoms with Gasteiger partial charge in [0.25, 0.3) is 0 Å². The number of nitrogens with one attached hydrogen (secondary N) is 1. The summed E-state index contributed by atoms with van der Waals surface area (Å²) in [6.45, 7) is 3.22. The van der Waals surface area contributed by atoms with E-state index in [9.17, 15) is 9.59 Å². The molecule has 0 saturated carbocycles. The molecule has 29 heavy (non-hydrogen) atoms. The fourth-order valence-corrected chi connectivity index (χ4v) is 3.68. The zero-order chi connectivity index (χ0) is 20.4. The van der Waals surface area contributed by atoms with Crippen LogP contribution in [0, 0.1) is 12.8 Å². The molecule has 7 nitrogen and oxygen atoms in total. The van der Waals surface area contributed by atoms with Crippen molar-refractivity contribution in [3.8, 4) is 0 Å². The summed E-state index contributed by atoms with van der Waals surface area (Å²) in [5, 5.41) is 2.89. The topological polar surface area (TPSA) is 76.5 Å². The number of benzene rings is 2. The molecule has 1 atom stereocenters. The SMILES string of the molecule is COCCN1C(=O)C(CC(=O)Nc2ccc(C)cc2)Cn2c1nc1ccccc12. The number of carbonyl (C=O) groups excluding carboxylic acids is 2. The maximum absolute atomic E-state index is 13.1. The molecule has 4 rings (SSSR count). The number of anilines is 2. The molecule has 1 aromatic heterocycles. The molecule has 0 saturated heterocycles. The number of carbonyl (C=O) groups is 2. The molecule has 0 aliphatic carbocycles. The second kappa shape index (κ2) is 8.05. The van der Waals surface area contributed by atoms with Crippen molar-refractivity contribution in [3.63, 3.8) is 0 Å². The van der Waals surface area contributed by atoms with Crippen molar-refractivity contribution in [1.82, 2.24) is 9.55 Å². The highest BCUT2D eigenvalue weighted by molar-refractivity contribution is 6.01. The number of amides is 2. The van der Waals surface area contributed by atoms with Crippen LogP contribution in [-0.2, 0) is 20.9 Å². The van der Waals surface area contributed by atoms with Gasteiger partial charge in [-0.15, -0.1) is 0 Å². The van der Waals surface area contributed by atoms with Crippen LogP contribution < -0.4 is 10.2 Å². The Balaban J connectivity index is 1.58. The van der Waals surface area contributed by atoms with Crippen molar-refractivity contribution in [2.75, 3.05) is 30.5 Å². The summed E-state index contributed by atoms with van der Waals surface area (Å²) >= 11 is 0. The molecule has 2 heterocycles. The molecule has 1 aliphatic rings. The van der Waals surface area contributed by atoms with E-state index in [2.05, 4.69) is 10.3 Å². The molecule has 1 N–H and O–H groups in total. The van der Waals surface area contributed by atoms with Gasteiger partial charge in [0.05, 0.1) is 30.1 Å². The van der Waals surface area contributed by atoms with Crippen LogP contribution in [-0.4, -0.2) is 41.6 Å². The highest BCUT2D eigenvalue weighted by atomic mass is 16.5. The molecular formula is C22H24N4O3. The molecule has 0 spiro atoms. The van der Waals surface area contributed by atoms with E-state index in [-0.39, 0.29) is 18.2 Å². The maximum atomic E-state index is 13.1. The van der Waals surface area contributed by atoms with Crippen LogP contribution in [0.5, 0.6) is 0 Å². The van der Waals surface area contributed by atoms with Crippen molar-refractivity contribution in [3.05, 3.63) is 54.1 Å². The third-order valence-electron chi connectivity index (χ3n) is 5.18. The molecule has 1 aliphatic heterocycles. The number of para-hydroxylation sites is 2. The third kappa shape index (κ3) is 3.86. The van der Waals surface area contributed by atoms with Gasteiger partial charge in [-0.1, -0.05) is 29.8 Å². The first-order chi connectivity index (χ1) is 14.1. The van der Waals surface area contributed by atoms with Crippen molar-refractivity contribution in [2.24, 2.45) is 5.92 Å². The molecule has 2 aromatic carbocycles. The van der Waals surface area contributed by atoms with Crippen molar-refractivity contribution >= 4 is 34.5 Å². The summed E-state index contributed by atoms with van der Waals surface area (Å²) in [6, 6.07) is 15.4. The van der Waals surface area contributed by atoms with Gasteiger partial charge in [-0.3, -0.25) is 14.5 Å². The van der Waals surface area contributed by atoms with Crippen LogP contribution in [0.15, 0.2) is 48.5 Å². The third-order valence-corrected chi connectivity index (χ3v) is 5.18. The summed E-state index contributed by atoms with van der Waals surface area (Å²) in [5.41, 5.74) is 3.65. The minimum Gasteiger partial charge on any atom is -0.383 e.